The summed E-state index contributed by atoms with van der Waals surface area (Å²) in [6.45, 7) is 3.86. The number of rotatable bonds is 2. The van der Waals surface area contributed by atoms with Crippen LogP contribution in [0.2, 0.25) is 0 Å². The molecule has 56 valence electrons. The average Bonchev–Trinajstić information content (AvgIpc) is 2.15. The van der Waals surface area contributed by atoms with Gasteiger partial charge in [0.2, 0.25) is 0 Å². The van der Waals surface area contributed by atoms with E-state index in [9.17, 15) is 0 Å². The van der Waals surface area contributed by atoms with Crippen LogP contribution in [-0.2, 0) is 6.42 Å². The molecule has 0 bridgehead atoms. The van der Waals surface area contributed by atoms with E-state index in [1.165, 1.54) is 0 Å². The second-order valence-electron chi connectivity index (χ2n) is 2.59. The molecule has 1 aromatic heterocycles. The molecule has 0 amide bonds. The van der Waals surface area contributed by atoms with Crippen molar-refractivity contribution in [3.8, 4) is 0 Å². The largest absolute Gasteiger partial charge is 0.361 e. The summed E-state index contributed by atoms with van der Waals surface area (Å²) < 4.78 is 4.86. The number of aromatic nitrogens is 1. The van der Waals surface area contributed by atoms with Crippen molar-refractivity contribution < 1.29 is 4.52 Å². The van der Waals surface area contributed by atoms with E-state index in [0.29, 0.717) is 0 Å². The predicted molar refractivity (Wildman–Crippen MR) is 38.6 cm³/mol. The van der Waals surface area contributed by atoms with E-state index in [0.717, 1.165) is 17.7 Å². The lowest BCUT2D eigenvalue weighted by Gasteiger charge is -2.00. The van der Waals surface area contributed by atoms with Gasteiger partial charge in [-0.05, 0) is 20.3 Å². The molecule has 0 unspecified atom stereocenters. The fourth-order valence-corrected chi connectivity index (χ4v) is 0.862. The molecule has 0 radical (unpaired) electrons. The molecule has 3 nitrogen and oxygen atoms in total. The van der Waals surface area contributed by atoms with Crippen LogP contribution in [0.25, 0.3) is 0 Å². The molecule has 1 rings (SSSR count). The Bertz CT molecular complexity index is 205. The highest BCUT2D eigenvalue weighted by Gasteiger charge is 2.04. The fraction of sp³-hybridized carbons (Fsp3) is 0.571. The zero-order chi connectivity index (χ0) is 7.56. The highest BCUT2D eigenvalue weighted by molar-refractivity contribution is 5.12. The van der Waals surface area contributed by atoms with Crippen molar-refractivity contribution >= 4 is 0 Å². The Morgan fingerprint density at radius 1 is 1.80 bits per heavy atom. The molecule has 0 saturated carbocycles. The highest BCUT2D eigenvalue weighted by Crippen LogP contribution is 2.07. The van der Waals surface area contributed by atoms with E-state index in [-0.39, 0.29) is 6.04 Å². The molecule has 1 aromatic rings. The molecule has 0 aliphatic carbocycles. The van der Waals surface area contributed by atoms with E-state index in [1.807, 2.05) is 13.8 Å². The molecule has 0 aliphatic heterocycles. The van der Waals surface area contributed by atoms with Crippen molar-refractivity contribution in [3.63, 3.8) is 0 Å². The summed E-state index contributed by atoms with van der Waals surface area (Å²) in [4.78, 5) is 0. The third-order valence-electron chi connectivity index (χ3n) is 1.39. The van der Waals surface area contributed by atoms with Crippen LogP contribution in [0, 0.1) is 6.92 Å². The molecule has 0 aromatic carbocycles. The summed E-state index contributed by atoms with van der Waals surface area (Å²) in [6, 6.07) is 0.179. The lowest BCUT2D eigenvalue weighted by Crippen LogP contribution is -2.17. The van der Waals surface area contributed by atoms with Gasteiger partial charge in [-0.2, -0.15) is 0 Å². The van der Waals surface area contributed by atoms with E-state index in [1.54, 1.807) is 6.20 Å². The van der Waals surface area contributed by atoms with Gasteiger partial charge in [-0.15, -0.1) is 0 Å². The first kappa shape index (κ1) is 7.28. The minimum Gasteiger partial charge on any atom is -0.361 e. The van der Waals surface area contributed by atoms with Gasteiger partial charge < -0.3 is 10.3 Å². The lowest BCUT2D eigenvalue weighted by molar-refractivity contribution is 0.395. The Labute approximate surface area is 60.2 Å². The maximum absolute atomic E-state index is 5.58. The van der Waals surface area contributed by atoms with E-state index >= 15 is 0 Å². The van der Waals surface area contributed by atoms with Crippen molar-refractivity contribution in [1.29, 1.82) is 0 Å². The van der Waals surface area contributed by atoms with E-state index < -0.39 is 0 Å². The molecule has 3 heteroatoms. The zero-order valence-electron chi connectivity index (χ0n) is 6.29. The number of nitrogens with two attached hydrogens (primary N) is 1. The second-order valence-corrected chi connectivity index (χ2v) is 2.59. The Hall–Kier alpha value is -0.830. The summed E-state index contributed by atoms with van der Waals surface area (Å²) in [7, 11) is 0. The molecule has 0 spiro atoms. The molecule has 0 fully saturated rings. The monoisotopic (exact) mass is 140 g/mol. The molecule has 1 atom stereocenters. The summed E-state index contributed by atoms with van der Waals surface area (Å²) in [5, 5.41) is 3.64. The van der Waals surface area contributed by atoms with Gasteiger partial charge in [-0.1, -0.05) is 5.16 Å². The molecule has 1 heterocycles. The standard InChI is InChI=1S/C7H12N2O/c1-5(8)3-7-4-9-10-6(7)2/h4-5H,3,8H2,1-2H3/t5-/m1/s1. The Morgan fingerprint density at radius 3 is 2.90 bits per heavy atom. The topological polar surface area (TPSA) is 52.0 Å². The first-order valence-corrected chi connectivity index (χ1v) is 3.36. The van der Waals surface area contributed by atoms with Gasteiger partial charge in [0.15, 0.2) is 0 Å². The third kappa shape index (κ3) is 1.57. The van der Waals surface area contributed by atoms with E-state index in [2.05, 4.69) is 5.16 Å². The Kier molecular flexibility index (Phi) is 2.06. The summed E-state index contributed by atoms with van der Waals surface area (Å²) in [5.41, 5.74) is 6.69. The van der Waals surface area contributed by atoms with Gasteiger partial charge in [-0.25, -0.2) is 0 Å². The van der Waals surface area contributed by atoms with Crippen molar-refractivity contribution in [2.45, 2.75) is 26.3 Å². The predicted octanol–water partition coefficient (Wildman–Crippen LogP) is 0.873. The summed E-state index contributed by atoms with van der Waals surface area (Å²) in [6.07, 6.45) is 2.56. The van der Waals surface area contributed by atoms with Crippen LogP contribution in [-0.4, -0.2) is 11.2 Å². The number of hydrogen-bond acceptors (Lipinski definition) is 3. The van der Waals surface area contributed by atoms with E-state index in [4.69, 9.17) is 10.3 Å². The zero-order valence-corrected chi connectivity index (χ0v) is 6.29. The Balaban J connectivity index is 2.65. The van der Waals surface area contributed by atoms with Gasteiger partial charge in [0.25, 0.3) is 0 Å². The molecular weight excluding hydrogens is 128 g/mol. The van der Waals surface area contributed by atoms with Crippen molar-refractivity contribution in [2.24, 2.45) is 5.73 Å². The molecule has 2 N–H and O–H groups in total. The first-order chi connectivity index (χ1) is 4.70. The van der Waals surface area contributed by atoms with Crippen LogP contribution in [0.3, 0.4) is 0 Å². The minimum atomic E-state index is 0.179. The normalized spacial score (nSPS) is 13.5. The van der Waals surface area contributed by atoms with Gasteiger partial charge in [0.05, 0.1) is 6.20 Å². The minimum absolute atomic E-state index is 0.179. The molecule has 0 aliphatic rings. The van der Waals surface area contributed by atoms with Gasteiger partial charge in [0.1, 0.15) is 5.76 Å². The maximum atomic E-state index is 5.58. The fourth-order valence-electron chi connectivity index (χ4n) is 0.862. The quantitative estimate of drug-likeness (QED) is 0.663. The van der Waals surface area contributed by atoms with Crippen molar-refractivity contribution in [3.05, 3.63) is 17.5 Å². The number of hydrogen-bond donors (Lipinski definition) is 1. The highest BCUT2D eigenvalue weighted by atomic mass is 16.5. The number of aryl methyl sites for hydroxylation is 1. The van der Waals surface area contributed by atoms with Crippen LogP contribution in [0.15, 0.2) is 10.7 Å². The lowest BCUT2D eigenvalue weighted by atomic mass is 10.1. The number of nitrogens with zero attached hydrogens (tertiary/aromatic N) is 1. The van der Waals surface area contributed by atoms with Crippen LogP contribution in [0.1, 0.15) is 18.2 Å². The van der Waals surface area contributed by atoms with Crippen LogP contribution in [0.4, 0.5) is 0 Å². The van der Waals surface area contributed by atoms with Crippen molar-refractivity contribution in [1.82, 2.24) is 5.16 Å². The summed E-state index contributed by atoms with van der Waals surface area (Å²) in [5.74, 6) is 0.873. The summed E-state index contributed by atoms with van der Waals surface area (Å²) >= 11 is 0. The second kappa shape index (κ2) is 2.84. The van der Waals surface area contributed by atoms with Crippen molar-refractivity contribution in [2.75, 3.05) is 0 Å². The SMILES string of the molecule is Cc1oncc1C[C@@H](C)N. The van der Waals surface area contributed by atoms with Gasteiger partial charge >= 0.3 is 0 Å². The van der Waals surface area contributed by atoms with Gasteiger partial charge in [0, 0.05) is 11.6 Å². The Morgan fingerprint density at radius 2 is 2.50 bits per heavy atom. The molecular formula is C7H12N2O. The van der Waals surface area contributed by atoms with Crippen LogP contribution in [0.5, 0.6) is 0 Å². The van der Waals surface area contributed by atoms with Gasteiger partial charge in [-0.3, -0.25) is 0 Å². The molecule has 0 saturated heterocycles. The molecule has 10 heavy (non-hydrogen) atoms. The smallest absolute Gasteiger partial charge is 0.136 e. The third-order valence-corrected chi connectivity index (χ3v) is 1.39. The maximum Gasteiger partial charge on any atom is 0.136 e. The van der Waals surface area contributed by atoms with Crippen LogP contribution < -0.4 is 5.73 Å². The average molecular weight is 140 g/mol. The first-order valence-electron chi connectivity index (χ1n) is 3.36. The van der Waals surface area contributed by atoms with Crippen LogP contribution >= 0.6 is 0 Å².